The normalized spacial score (nSPS) is 11.4. The minimum Gasteiger partial charge on any atom is -0.496 e. The Bertz CT molecular complexity index is 1440. The van der Waals surface area contributed by atoms with E-state index in [-0.39, 0.29) is 5.82 Å². The van der Waals surface area contributed by atoms with Crippen molar-refractivity contribution < 1.29 is 13.5 Å². The Labute approximate surface area is 183 Å². The summed E-state index contributed by atoms with van der Waals surface area (Å²) < 4.78 is 27.0. The Hall–Kier alpha value is -3.94. The SMILES string of the molecule is COc1cc(F)cc2c1cc(C)n2CCNc1cc(-c2ccc3oc(C)nc3c2)ncn1. The molecule has 0 aliphatic rings. The van der Waals surface area contributed by atoms with Crippen LogP contribution in [0.25, 0.3) is 33.3 Å². The number of hydrogen-bond donors (Lipinski definition) is 1. The lowest BCUT2D eigenvalue weighted by atomic mass is 10.1. The summed E-state index contributed by atoms with van der Waals surface area (Å²) in [6.45, 7) is 5.08. The molecule has 7 nitrogen and oxygen atoms in total. The summed E-state index contributed by atoms with van der Waals surface area (Å²) >= 11 is 0. The van der Waals surface area contributed by atoms with Crippen molar-refractivity contribution in [3.63, 3.8) is 0 Å². The van der Waals surface area contributed by atoms with Gasteiger partial charge in [-0.2, -0.15) is 0 Å². The molecule has 162 valence electrons. The van der Waals surface area contributed by atoms with Crippen LogP contribution in [0.4, 0.5) is 10.2 Å². The predicted octanol–water partition coefficient (Wildman–Crippen LogP) is 5.12. The molecule has 5 aromatic rings. The van der Waals surface area contributed by atoms with E-state index in [4.69, 9.17) is 9.15 Å². The van der Waals surface area contributed by atoms with Crippen LogP contribution in [0.5, 0.6) is 5.75 Å². The van der Waals surface area contributed by atoms with Crippen molar-refractivity contribution >= 4 is 27.8 Å². The first kappa shape index (κ1) is 20.0. The number of halogens is 1. The molecule has 3 aromatic heterocycles. The molecule has 0 aliphatic carbocycles. The van der Waals surface area contributed by atoms with Crippen molar-refractivity contribution in [2.45, 2.75) is 20.4 Å². The van der Waals surface area contributed by atoms with Gasteiger partial charge in [-0.15, -0.1) is 0 Å². The van der Waals surface area contributed by atoms with Gasteiger partial charge < -0.3 is 19.0 Å². The lowest BCUT2D eigenvalue weighted by molar-refractivity contribution is 0.416. The second-order valence-corrected chi connectivity index (χ2v) is 7.61. The fraction of sp³-hybridized carbons (Fsp3) is 0.208. The van der Waals surface area contributed by atoms with Crippen LogP contribution in [0.1, 0.15) is 11.6 Å². The second-order valence-electron chi connectivity index (χ2n) is 7.61. The number of aromatic nitrogens is 4. The lowest BCUT2D eigenvalue weighted by Gasteiger charge is -2.11. The quantitative estimate of drug-likeness (QED) is 0.402. The molecule has 0 fully saturated rings. The Morgan fingerprint density at radius 2 is 1.97 bits per heavy atom. The zero-order chi connectivity index (χ0) is 22.2. The molecule has 0 saturated carbocycles. The van der Waals surface area contributed by atoms with Crippen molar-refractivity contribution in [1.82, 2.24) is 19.5 Å². The van der Waals surface area contributed by atoms with Gasteiger partial charge in [0.15, 0.2) is 11.5 Å². The molecule has 0 radical (unpaired) electrons. The van der Waals surface area contributed by atoms with Gasteiger partial charge in [-0.3, -0.25) is 0 Å². The lowest BCUT2D eigenvalue weighted by Crippen LogP contribution is -2.12. The summed E-state index contributed by atoms with van der Waals surface area (Å²) in [7, 11) is 1.55. The van der Waals surface area contributed by atoms with Crippen LogP contribution in [0.3, 0.4) is 0 Å². The number of ether oxygens (including phenoxy) is 1. The van der Waals surface area contributed by atoms with Crippen molar-refractivity contribution in [3.05, 3.63) is 66.2 Å². The van der Waals surface area contributed by atoms with E-state index in [1.165, 1.54) is 18.5 Å². The summed E-state index contributed by atoms with van der Waals surface area (Å²) in [6, 6.07) is 12.7. The molecule has 32 heavy (non-hydrogen) atoms. The number of aryl methyl sites for hydroxylation is 2. The standard InChI is InChI=1S/C24H22FN5O2/c1-14-8-18-21(10-17(25)11-23(18)31-3)30(14)7-6-26-24-12-19(27-13-28-24)16-4-5-22-20(9-16)29-15(2)32-22/h4-5,8-13H,6-7H2,1-3H3,(H,26,27,28). The highest BCUT2D eigenvalue weighted by Crippen LogP contribution is 2.30. The maximum Gasteiger partial charge on any atom is 0.192 e. The van der Waals surface area contributed by atoms with Crippen LogP contribution in [0.15, 0.2) is 53.2 Å². The maximum absolute atomic E-state index is 14.0. The van der Waals surface area contributed by atoms with Crippen LogP contribution in [0, 0.1) is 19.7 Å². The van der Waals surface area contributed by atoms with Crippen molar-refractivity contribution in [3.8, 4) is 17.0 Å². The van der Waals surface area contributed by atoms with E-state index in [1.807, 2.05) is 44.2 Å². The molecule has 8 heteroatoms. The predicted molar refractivity (Wildman–Crippen MR) is 121 cm³/mol. The van der Waals surface area contributed by atoms with Gasteiger partial charge in [0.1, 0.15) is 29.2 Å². The molecule has 0 spiro atoms. The average Bonchev–Trinajstić information content (AvgIpc) is 3.31. The molecule has 0 unspecified atom stereocenters. The highest BCUT2D eigenvalue weighted by Gasteiger charge is 2.12. The van der Waals surface area contributed by atoms with Crippen LogP contribution in [0.2, 0.25) is 0 Å². The van der Waals surface area contributed by atoms with Gasteiger partial charge in [0.05, 0.1) is 18.3 Å². The third-order valence-corrected chi connectivity index (χ3v) is 5.47. The maximum atomic E-state index is 14.0. The van der Waals surface area contributed by atoms with Gasteiger partial charge in [0.25, 0.3) is 0 Å². The Balaban J connectivity index is 1.35. The van der Waals surface area contributed by atoms with E-state index in [1.54, 1.807) is 7.11 Å². The number of nitrogens with one attached hydrogen (secondary N) is 1. The third kappa shape index (κ3) is 3.64. The molecule has 1 N–H and O–H groups in total. The second kappa shape index (κ2) is 7.96. The van der Waals surface area contributed by atoms with E-state index in [0.717, 1.165) is 39.0 Å². The fourth-order valence-corrected chi connectivity index (χ4v) is 4.00. The first-order valence-corrected chi connectivity index (χ1v) is 10.3. The first-order chi connectivity index (χ1) is 15.5. The minimum atomic E-state index is -0.318. The van der Waals surface area contributed by atoms with E-state index < -0.39 is 0 Å². The van der Waals surface area contributed by atoms with Gasteiger partial charge in [-0.25, -0.2) is 19.3 Å². The highest BCUT2D eigenvalue weighted by molar-refractivity contribution is 5.87. The summed E-state index contributed by atoms with van der Waals surface area (Å²) in [4.78, 5) is 13.1. The smallest absolute Gasteiger partial charge is 0.192 e. The Morgan fingerprint density at radius 3 is 2.81 bits per heavy atom. The number of anilines is 1. The molecule has 0 atom stereocenters. The van der Waals surface area contributed by atoms with Crippen LogP contribution in [-0.2, 0) is 6.54 Å². The number of hydrogen-bond acceptors (Lipinski definition) is 6. The average molecular weight is 431 g/mol. The number of methoxy groups -OCH3 is 1. The van der Waals surface area contributed by atoms with Crippen molar-refractivity contribution in [2.24, 2.45) is 0 Å². The molecular formula is C24H22FN5O2. The highest BCUT2D eigenvalue weighted by atomic mass is 19.1. The molecule has 3 heterocycles. The van der Waals surface area contributed by atoms with E-state index in [9.17, 15) is 4.39 Å². The summed E-state index contributed by atoms with van der Waals surface area (Å²) in [6.07, 6.45) is 1.53. The van der Waals surface area contributed by atoms with Gasteiger partial charge in [-0.1, -0.05) is 0 Å². The molecular weight excluding hydrogens is 409 g/mol. The van der Waals surface area contributed by atoms with Crippen molar-refractivity contribution in [1.29, 1.82) is 0 Å². The van der Waals surface area contributed by atoms with Gasteiger partial charge >= 0.3 is 0 Å². The largest absolute Gasteiger partial charge is 0.496 e. The van der Waals surface area contributed by atoms with Gasteiger partial charge in [-0.05, 0) is 37.3 Å². The molecule has 0 bridgehead atoms. The zero-order valence-corrected chi connectivity index (χ0v) is 18.0. The monoisotopic (exact) mass is 431 g/mol. The summed E-state index contributed by atoms with van der Waals surface area (Å²) in [5.41, 5.74) is 5.11. The van der Waals surface area contributed by atoms with Gasteiger partial charge in [0, 0.05) is 48.8 Å². The first-order valence-electron chi connectivity index (χ1n) is 10.3. The number of fused-ring (bicyclic) bond motifs is 2. The molecule has 2 aromatic carbocycles. The summed E-state index contributed by atoms with van der Waals surface area (Å²) in [5, 5.41) is 4.24. The molecule has 0 aliphatic heterocycles. The minimum absolute atomic E-state index is 0.318. The van der Waals surface area contributed by atoms with Crippen LogP contribution in [-0.4, -0.2) is 33.2 Å². The number of nitrogens with zero attached hydrogens (tertiary/aromatic N) is 4. The number of benzene rings is 2. The van der Waals surface area contributed by atoms with E-state index in [2.05, 4.69) is 24.8 Å². The Kier molecular flexibility index (Phi) is 4.97. The van der Waals surface area contributed by atoms with Crippen molar-refractivity contribution in [2.75, 3.05) is 19.0 Å². The van der Waals surface area contributed by atoms with Crippen LogP contribution >= 0.6 is 0 Å². The van der Waals surface area contributed by atoms with E-state index in [0.29, 0.717) is 30.5 Å². The van der Waals surface area contributed by atoms with Crippen LogP contribution < -0.4 is 10.1 Å². The summed E-state index contributed by atoms with van der Waals surface area (Å²) in [5.74, 6) is 1.56. The zero-order valence-electron chi connectivity index (χ0n) is 18.0. The van der Waals surface area contributed by atoms with E-state index >= 15 is 0 Å². The topological polar surface area (TPSA) is 78.0 Å². The Morgan fingerprint density at radius 1 is 1.09 bits per heavy atom. The number of oxazole rings is 1. The molecule has 5 rings (SSSR count). The van der Waals surface area contributed by atoms with Gasteiger partial charge in [0.2, 0.25) is 0 Å². The fourth-order valence-electron chi connectivity index (χ4n) is 4.00. The molecule has 0 saturated heterocycles. The third-order valence-electron chi connectivity index (χ3n) is 5.47. The molecule has 0 amide bonds. The number of rotatable bonds is 6.